The molecule has 1 saturated heterocycles. The summed E-state index contributed by atoms with van der Waals surface area (Å²) in [5, 5.41) is 8.70. The summed E-state index contributed by atoms with van der Waals surface area (Å²) in [6, 6.07) is 8.58. The molecule has 1 heterocycles. The van der Waals surface area contributed by atoms with Crippen molar-refractivity contribution in [2.75, 3.05) is 13.2 Å². The van der Waals surface area contributed by atoms with Crippen LogP contribution in [-0.4, -0.2) is 27.7 Å². The minimum Gasteiger partial charge on any atom is -0.378 e. The standard InChI is InChI=1S/C14H18N2O3S/c1-11-14(6-7-19-11)9-16-20(17,18)10-13-4-2-12(8-15)3-5-13/h2-5,11,14,16H,6-7,9-10H2,1H3. The number of sulfonamides is 1. The van der Waals surface area contributed by atoms with Gasteiger partial charge in [0.05, 0.1) is 23.5 Å². The number of rotatable bonds is 5. The number of nitrogens with zero attached hydrogens (tertiary/aromatic N) is 1. The van der Waals surface area contributed by atoms with Crippen molar-refractivity contribution in [1.29, 1.82) is 5.26 Å². The van der Waals surface area contributed by atoms with Gasteiger partial charge in [0.2, 0.25) is 10.0 Å². The second-order valence-electron chi connectivity index (χ2n) is 5.04. The second kappa shape index (κ2) is 6.35. The molecule has 0 saturated carbocycles. The van der Waals surface area contributed by atoms with Gasteiger partial charge in [-0.05, 0) is 31.0 Å². The highest BCUT2D eigenvalue weighted by Crippen LogP contribution is 2.19. The molecule has 2 unspecified atom stereocenters. The molecule has 0 aliphatic carbocycles. The highest BCUT2D eigenvalue weighted by molar-refractivity contribution is 7.88. The SMILES string of the molecule is CC1OCCC1CNS(=O)(=O)Cc1ccc(C#N)cc1. The summed E-state index contributed by atoms with van der Waals surface area (Å²) in [6.45, 7) is 3.08. The largest absolute Gasteiger partial charge is 0.378 e. The minimum atomic E-state index is -3.35. The predicted molar refractivity (Wildman–Crippen MR) is 75.3 cm³/mol. The molecule has 1 aromatic carbocycles. The van der Waals surface area contributed by atoms with Crippen LogP contribution in [0.4, 0.5) is 0 Å². The van der Waals surface area contributed by atoms with Crippen LogP contribution < -0.4 is 4.72 Å². The van der Waals surface area contributed by atoms with E-state index in [1.807, 2.05) is 13.0 Å². The zero-order valence-electron chi connectivity index (χ0n) is 11.4. The van der Waals surface area contributed by atoms with E-state index in [4.69, 9.17) is 10.00 Å². The molecule has 2 rings (SSSR count). The maximum Gasteiger partial charge on any atom is 0.215 e. The first kappa shape index (κ1) is 15.0. The fraction of sp³-hybridized carbons (Fsp3) is 0.500. The molecule has 0 spiro atoms. The smallest absolute Gasteiger partial charge is 0.215 e. The Labute approximate surface area is 119 Å². The molecule has 5 nitrogen and oxygen atoms in total. The van der Waals surface area contributed by atoms with Crippen molar-refractivity contribution in [2.24, 2.45) is 5.92 Å². The van der Waals surface area contributed by atoms with Crippen molar-refractivity contribution in [2.45, 2.75) is 25.2 Å². The summed E-state index contributed by atoms with van der Waals surface area (Å²) in [4.78, 5) is 0. The lowest BCUT2D eigenvalue weighted by molar-refractivity contribution is 0.107. The summed E-state index contributed by atoms with van der Waals surface area (Å²) in [5.41, 5.74) is 1.20. The van der Waals surface area contributed by atoms with Gasteiger partial charge in [-0.15, -0.1) is 0 Å². The number of ether oxygens (including phenoxy) is 1. The fourth-order valence-corrected chi connectivity index (χ4v) is 3.43. The molecule has 1 aliphatic heterocycles. The highest BCUT2D eigenvalue weighted by atomic mass is 32.2. The third-order valence-electron chi connectivity index (χ3n) is 3.54. The monoisotopic (exact) mass is 294 g/mol. The second-order valence-corrected chi connectivity index (χ2v) is 6.85. The van der Waals surface area contributed by atoms with Gasteiger partial charge >= 0.3 is 0 Å². The Morgan fingerprint density at radius 3 is 2.65 bits per heavy atom. The Hall–Kier alpha value is -1.42. The van der Waals surface area contributed by atoms with E-state index in [-0.39, 0.29) is 17.8 Å². The van der Waals surface area contributed by atoms with E-state index in [1.54, 1.807) is 24.3 Å². The van der Waals surface area contributed by atoms with Crippen LogP contribution in [0.1, 0.15) is 24.5 Å². The zero-order valence-corrected chi connectivity index (χ0v) is 12.2. The molecule has 0 amide bonds. The third kappa shape index (κ3) is 4.04. The molecule has 6 heteroatoms. The van der Waals surface area contributed by atoms with Gasteiger partial charge in [0.25, 0.3) is 0 Å². The Balaban J connectivity index is 1.91. The first-order chi connectivity index (χ1) is 9.50. The van der Waals surface area contributed by atoms with Crippen LogP contribution >= 0.6 is 0 Å². The van der Waals surface area contributed by atoms with Crippen molar-refractivity contribution < 1.29 is 13.2 Å². The van der Waals surface area contributed by atoms with E-state index in [9.17, 15) is 8.42 Å². The lowest BCUT2D eigenvalue weighted by atomic mass is 10.0. The molecule has 2 atom stereocenters. The van der Waals surface area contributed by atoms with E-state index < -0.39 is 10.0 Å². The first-order valence-electron chi connectivity index (χ1n) is 6.58. The predicted octanol–water partition coefficient (Wildman–Crippen LogP) is 1.40. The Kier molecular flexibility index (Phi) is 4.76. The van der Waals surface area contributed by atoms with Crippen LogP contribution in [0, 0.1) is 17.2 Å². The van der Waals surface area contributed by atoms with Crippen LogP contribution in [-0.2, 0) is 20.5 Å². The van der Waals surface area contributed by atoms with E-state index in [0.717, 1.165) is 6.42 Å². The lowest BCUT2D eigenvalue weighted by Gasteiger charge is -2.14. The van der Waals surface area contributed by atoms with Crippen LogP contribution in [0.3, 0.4) is 0 Å². The van der Waals surface area contributed by atoms with Crippen molar-refractivity contribution >= 4 is 10.0 Å². The first-order valence-corrected chi connectivity index (χ1v) is 8.23. The van der Waals surface area contributed by atoms with Gasteiger partial charge in [0.1, 0.15) is 0 Å². The van der Waals surface area contributed by atoms with Crippen molar-refractivity contribution in [1.82, 2.24) is 4.72 Å². The molecule has 1 aromatic rings. The van der Waals surface area contributed by atoms with E-state index in [1.165, 1.54) is 0 Å². The van der Waals surface area contributed by atoms with Gasteiger partial charge in [-0.1, -0.05) is 12.1 Å². The zero-order chi connectivity index (χ0) is 14.6. The molecule has 1 fully saturated rings. The fourth-order valence-electron chi connectivity index (χ4n) is 2.22. The Morgan fingerprint density at radius 2 is 2.10 bits per heavy atom. The summed E-state index contributed by atoms with van der Waals surface area (Å²) < 4.78 is 32.0. The minimum absolute atomic E-state index is 0.0688. The van der Waals surface area contributed by atoms with Gasteiger partial charge in [0, 0.05) is 19.1 Å². The van der Waals surface area contributed by atoms with Gasteiger partial charge in [-0.3, -0.25) is 0 Å². The average Bonchev–Trinajstić information content (AvgIpc) is 2.83. The van der Waals surface area contributed by atoms with Gasteiger partial charge in [0.15, 0.2) is 0 Å². The summed E-state index contributed by atoms with van der Waals surface area (Å²) in [7, 11) is -3.35. The van der Waals surface area contributed by atoms with E-state index >= 15 is 0 Å². The number of benzene rings is 1. The molecule has 0 aromatic heterocycles. The lowest BCUT2D eigenvalue weighted by Crippen LogP contribution is -2.32. The van der Waals surface area contributed by atoms with Crippen LogP contribution in [0.15, 0.2) is 24.3 Å². The van der Waals surface area contributed by atoms with Gasteiger partial charge in [-0.2, -0.15) is 5.26 Å². The molecule has 108 valence electrons. The normalized spacial score (nSPS) is 22.6. The Bertz CT molecular complexity index is 590. The summed E-state index contributed by atoms with van der Waals surface area (Å²) in [6.07, 6.45) is 0.994. The third-order valence-corrected chi connectivity index (χ3v) is 4.86. The highest BCUT2D eigenvalue weighted by Gasteiger charge is 2.25. The van der Waals surface area contributed by atoms with Crippen molar-refractivity contribution in [3.05, 3.63) is 35.4 Å². The molecule has 0 bridgehead atoms. The van der Waals surface area contributed by atoms with Crippen molar-refractivity contribution in [3.63, 3.8) is 0 Å². The summed E-state index contributed by atoms with van der Waals surface area (Å²) >= 11 is 0. The molecular formula is C14H18N2O3S. The van der Waals surface area contributed by atoms with Gasteiger partial charge in [-0.25, -0.2) is 13.1 Å². The van der Waals surface area contributed by atoms with Gasteiger partial charge < -0.3 is 4.74 Å². The Morgan fingerprint density at radius 1 is 1.40 bits per heavy atom. The maximum absolute atomic E-state index is 12.0. The maximum atomic E-state index is 12.0. The van der Waals surface area contributed by atoms with Crippen LogP contribution in [0.25, 0.3) is 0 Å². The van der Waals surface area contributed by atoms with E-state index in [0.29, 0.717) is 24.3 Å². The molecule has 1 aliphatic rings. The topological polar surface area (TPSA) is 79.2 Å². The summed E-state index contributed by atoms with van der Waals surface area (Å²) in [5.74, 6) is 0.173. The molecule has 20 heavy (non-hydrogen) atoms. The van der Waals surface area contributed by atoms with Crippen LogP contribution in [0.2, 0.25) is 0 Å². The molecule has 0 radical (unpaired) electrons. The van der Waals surface area contributed by atoms with Crippen LogP contribution in [0.5, 0.6) is 0 Å². The number of nitriles is 1. The van der Waals surface area contributed by atoms with E-state index in [2.05, 4.69) is 4.72 Å². The molecular weight excluding hydrogens is 276 g/mol. The quantitative estimate of drug-likeness (QED) is 0.890. The average molecular weight is 294 g/mol. The number of hydrogen-bond acceptors (Lipinski definition) is 4. The number of nitrogens with one attached hydrogen (secondary N) is 1. The number of hydrogen-bond donors (Lipinski definition) is 1. The van der Waals surface area contributed by atoms with Crippen molar-refractivity contribution in [3.8, 4) is 6.07 Å². The molecule has 1 N–H and O–H groups in total.